The molecule has 13 heavy (non-hydrogen) atoms. The van der Waals surface area contributed by atoms with Gasteiger partial charge in [0.15, 0.2) is 0 Å². The van der Waals surface area contributed by atoms with Crippen molar-refractivity contribution in [3.05, 3.63) is 40.4 Å². The molecular weight excluding hydrogens is 168 g/mol. The first kappa shape index (κ1) is 7.86. The molecule has 0 radical (unpaired) electrons. The minimum Gasteiger partial charge on any atom is -0.508 e. The summed E-state index contributed by atoms with van der Waals surface area (Å²) in [5, 5.41) is 10.4. The monoisotopic (exact) mass is 176 g/mol. The van der Waals surface area contributed by atoms with Crippen molar-refractivity contribution in [3.8, 4) is 5.75 Å². The number of phenols is 1. The van der Waals surface area contributed by atoms with Crippen LogP contribution in [0.5, 0.6) is 5.75 Å². The summed E-state index contributed by atoms with van der Waals surface area (Å²) in [7, 11) is 0. The van der Waals surface area contributed by atoms with Crippen LogP contribution in [0.15, 0.2) is 33.5 Å². The van der Waals surface area contributed by atoms with Crippen LogP contribution in [0.1, 0.15) is 5.76 Å². The summed E-state index contributed by atoms with van der Waals surface area (Å²) in [6.07, 6.45) is 0. The molecule has 66 valence electrons. The van der Waals surface area contributed by atoms with Gasteiger partial charge in [-0.1, -0.05) is 0 Å². The minimum absolute atomic E-state index is 0.150. The van der Waals surface area contributed by atoms with Crippen LogP contribution >= 0.6 is 0 Å². The Kier molecular flexibility index (Phi) is 1.59. The van der Waals surface area contributed by atoms with E-state index in [1.54, 1.807) is 25.1 Å². The molecular formula is C10H8O3. The summed E-state index contributed by atoms with van der Waals surface area (Å²) >= 11 is 0. The van der Waals surface area contributed by atoms with Gasteiger partial charge in [0.1, 0.15) is 11.5 Å². The molecule has 0 spiro atoms. The lowest BCUT2D eigenvalue weighted by Gasteiger charge is -1.97. The molecule has 0 bridgehead atoms. The van der Waals surface area contributed by atoms with Crippen LogP contribution in [-0.2, 0) is 0 Å². The second kappa shape index (κ2) is 2.62. The predicted molar refractivity (Wildman–Crippen MR) is 48.9 cm³/mol. The minimum atomic E-state index is -0.366. The van der Waals surface area contributed by atoms with Gasteiger partial charge < -0.3 is 9.52 Å². The zero-order valence-electron chi connectivity index (χ0n) is 7.07. The third-order valence-electron chi connectivity index (χ3n) is 1.87. The predicted octanol–water partition coefficient (Wildman–Crippen LogP) is 1.81. The molecule has 2 aromatic rings. The van der Waals surface area contributed by atoms with Crippen LogP contribution in [0.2, 0.25) is 0 Å². The molecule has 3 heteroatoms. The number of phenolic OH excluding ortho intramolecular Hbond substituents is 1. The van der Waals surface area contributed by atoms with E-state index in [0.717, 1.165) is 0 Å². The Morgan fingerprint density at radius 3 is 2.85 bits per heavy atom. The summed E-state index contributed by atoms with van der Waals surface area (Å²) in [5.74, 6) is 0.695. The molecule has 0 saturated heterocycles. The number of hydrogen-bond donors (Lipinski definition) is 1. The highest BCUT2D eigenvalue weighted by Gasteiger charge is 2.01. The fraction of sp³-hybridized carbons (Fsp3) is 0.100. The van der Waals surface area contributed by atoms with E-state index < -0.39 is 0 Å². The van der Waals surface area contributed by atoms with E-state index in [1.165, 1.54) is 6.07 Å². The molecule has 2 rings (SSSR count). The first-order chi connectivity index (χ1) is 6.16. The van der Waals surface area contributed by atoms with Crippen LogP contribution in [0.4, 0.5) is 0 Å². The lowest BCUT2D eigenvalue weighted by Crippen LogP contribution is -1.99. The number of hydrogen-bond acceptors (Lipinski definition) is 3. The van der Waals surface area contributed by atoms with E-state index in [0.29, 0.717) is 16.5 Å². The summed E-state index contributed by atoms with van der Waals surface area (Å²) in [4.78, 5) is 11.3. The van der Waals surface area contributed by atoms with Crippen molar-refractivity contribution in [1.29, 1.82) is 0 Å². The highest BCUT2D eigenvalue weighted by atomic mass is 16.4. The number of fused-ring (bicyclic) bond motifs is 1. The zero-order chi connectivity index (χ0) is 9.42. The molecule has 0 fully saturated rings. The molecule has 0 unspecified atom stereocenters. The third-order valence-corrected chi connectivity index (χ3v) is 1.87. The van der Waals surface area contributed by atoms with Crippen molar-refractivity contribution in [2.45, 2.75) is 6.92 Å². The second-order valence-corrected chi connectivity index (χ2v) is 2.92. The highest BCUT2D eigenvalue weighted by Crippen LogP contribution is 2.17. The molecule has 0 aliphatic heterocycles. The van der Waals surface area contributed by atoms with Gasteiger partial charge in [0, 0.05) is 0 Å². The van der Waals surface area contributed by atoms with Crippen molar-refractivity contribution < 1.29 is 9.52 Å². The number of aryl methyl sites for hydroxylation is 1. The van der Waals surface area contributed by atoms with Gasteiger partial charge in [0.05, 0.1) is 5.39 Å². The Bertz CT molecular complexity index is 506. The lowest BCUT2D eigenvalue weighted by atomic mass is 10.1. The first-order valence-electron chi connectivity index (χ1n) is 3.90. The van der Waals surface area contributed by atoms with Crippen LogP contribution in [-0.4, -0.2) is 5.11 Å². The SMILES string of the molecule is Cc1cc2cc(O)ccc2c(=O)o1. The fourth-order valence-corrected chi connectivity index (χ4v) is 1.31. The highest BCUT2D eigenvalue weighted by molar-refractivity contribution is 5.82. The molecule has 0 saturated carbocycles. The maximum atomic E-state index is 11.3. The van der Waals surface area contributed by atoms with Gasteiger partial charge in [0.25, 0.3) is 0 Å². The fourth-order valence-electron chi connectivity index (χ4n) is 1.31. The van der Waals surface area contributed by atoms with Crippen molar-refractivity contribution >= 4 is 10.8 Å². The zero-order valence-corrected chi connectivity index (χ0v) is 7.07. The normalized spacial score (nSPS) is 10.5. The van der Waals surface area contributed by atoms with Crippen LogP contribution < -0.4 is 5.63 Å². The number of rotatable bonds is 0. The number of aromatic hydroxyl groups is 1. The largest absolute Gasteiger partial charge is 0.508 e. The Morgan fingerprint density at radius 2 is 2.08 bits per heavy atom. The van der Waals surface area contributed by atoms with E-state index in [1.807, 2.05) is 0 Å². The molecule has 1 aromatic heterocycles. The Hall–Kier alpha value is -1.77. The molecule has 0 aliphatic rings. The molecule has 1 aromatic carbocycles. The van der Waals surface area contributed by atoms with Crippen molar-refractivity contribution in [1.82, 2.24) is 0 Å². The maximum absolute atomic E-state index is 11.3. The van der Waals surface area contributed by atoms with Crippen molar-refractivity contribution in [3.63, 3.8) is 0 Å². The van der Waals surface area contributed by atoms with Crippen molar-refractivity contribution in [2.75, 3.05) is 0 Å². The van der Waals surface area contributed by atoms with E-state index in [4.69, 9.17) is 4.42 Å². The summed E-state index contributed by atoms with van der Waals surface area (Å²) in [6.45, 7) is 1.70. The van der Waals surface area contributed by atoms with Crippen LogP contribution in [0.25, 0.3) is 10.8 Å². The summed E-state index contributed by atoms with van der Waals surface area (Å²) in [6, 6.07) is 6.28. The molecule has 3 nitrogen and oxygen atoms in total. The average molecular weight is 176 g/mol. The van der Waals surface area contributed by atoms with Gasteiger partial charge in [-0.05, 0) is 36.6 Å². The molecule has 0 aliphatic carbocycles. The van der Waals surface area contributed by atoms with E-state index in [-0.39, 0.29) is 11.4 Å². The van der Waals surface area contributed by atoms with Crippen LogP contribution in [0.3, 0.4) is 0 Å². The molecule has 0 atom stereocenters. The second-order valence-electron chi connectivity index (χ2n) is 2.92. The quantitative estimate of drug-likeness (QED) is 0.665. The third kappa shape index (κ3) is 1.28. The smallest absolute Gasteiger partial charge is 0.343 e. The lowest BCUT2D eigenvalue weighted by molar-refractivity contribution is 0.475. The van der Waals surface area contributed by atoms with E-state index >= 15 is 0 Å². The standard InChI is InChI=1S/C10H8O3/c1-6-4-7-5-8(11)2-3-9(7)10(12)13-6/h2-5,11H,1H3. The molecule has 1 N–H and O–H groups in total. The topological polar surface area (TPSA) is 50.4 Å². The number of benzene rings is 1. The van der Waals surface area contributed by atoms with E-state index in [2.05, 4.69) is 0 Å². The van der Waals surface area contributed by atoms with Gasteiger partial charge in [-0.25, -0.2) is 4.79 Å². The Balaban J connectivity index is 2.95. The maximum Gasteiger partial charge on any atom is 0.343 e. The van der Waals surface area contributed by atoms with Gasteiger partial charge in [-0.15, -0.1) is 0 Å². The molecule has 0 amide bonds. The van der Waals surface area contributed by atoms with Gasteiger partial charge >= 0.3 is 5.63 Å². The Morgan fingerprint density at radius 1 is 1.31 bits per heavy atom. The Labute approximate surface area is 74.2 Å². The van der Waals surface area contributed by atoms with E-state index in [9.17, 15) is 9.90 Å². The average Bonchev–Trinajstić information content (AvgIpc) is 2.02. The molecule has 1 heterocycles. The van der Waals surface area contributed by atoms with Gasteiger partial charge in [0.2, 0.25) is 0 Å². The van der Waals surface area contributed by atoms with Gasteiger partial charge in [-0.3, -0.25) is 0 Å². The van der Waals surface area contributed by atoms with Crippen LogP contribution in [0, 0.1) is 6.92 Å². The van der Waals surface area contributed by atoms with Crippen molar-refractivity contribution in [2.24, 2.45) is 0 Å². The summed E-state index contributed by atoms with van der Waals surface area (Å²) < 4.78 is 4.89. The summed E-state index contributed by atoms with van der Waals surface area (Å²) in [5.41, 5.74) is -0.366. The van der Waals surface area contributed by atoms with Gasteiger partial charge in [-0.2, -0.15) is 0 Å². The first-order valence-corrected chi connectivity index (χ1v) is 3.90.